The van der Waals surface area contributed by atoms with Crippen molar-refractivity contribution >= 4 is 5.91 Å². The van der Waals surface area contributed by atoms with Gasteiger partial charge in [-0.1, -0.05) is 13.8 Å². The van der Waals surface area contributed by atoms with Crippen LogP contribution < -0.4 is 0 Å². The second-order valence-corrected chi connectivity index (χ2v) is 9.47. The molecule has 0 N–H and O–H groups in total. The maximum Gasteiger partial charge on any atom is 0.225 e. The maximum atomic E-state index is 12.7. The molecule has 0 spiro atoms. The molecule has 2 aliphatic heterocycles. The topological polar surface area (TPSA) is 32.8 Å². The van der Waals surface area contributed by atoms with E-state index in [1.54, 1.807) is 7.11 Å². The van der Waals surface area contributed by atoms with Gasteiger partial charge in [-0.3, -0.25) is 4.79 Å². The van der Waals surface area contributed by atoms with Crippen LogP contribution in [-0.4, -0.2) is 62.1 Å². The van der Waals surface area contributed by atoms with E-state index in [1.165, 1.54) is 32.5 Å². The maximum absolute atomic E-state index is 12.7. The Hall–Kier alpha value is -0.610. The predicted octanol–water partition coefficient (Wildman–Crippen LogP) is 3.66. The van der Waals surface area contributed by atoms with E-state index in [2.05, 4.69) is 23.6 Å². The lowest BCUT2D eigenvalue weighted by molar-refractivity contribution is -0.141. The smallest absolute Gasteiger partial charge is 0.225 e. The highest BCUT2D eigenvalue weighted by Gasteiger charge is 2.38. The molecule has 3 fully saturated rings. The van der Waals surface area contributed by atoms with E-state index < -0.39 is 0 Å². The summed E-state index contributed by atoms with van der Waals surface area (Å²) in [4.78, 5) is 17.6. The average molecular weight is 365 g/mol. The van der Waals surface area contributed by atoms with E-state index >= 15 is 0 Å². The third-order valence-electron chi connectivity index (χ3n) is 7.33. The molecule has 1 amide bonds. The highest BCUT2D eigenvalue weighted by molar-refractivity contribution is 5.79. The summed E-state index contributed by atoms with van der Waals surface area (Å²) in [5.41, 5.74) is 0. The summed E-state index contributed by atoms with van der Waals surface area (Å²) in [6.45, 7) is 11.3. The van der Waals surface area contributed by atoms with Crippen LogP contribution in [-0.2, 0) is 9.53 Å². The van der Waals surface area contributed by atoms with E-state index in [1.807, 2.05) is 0 Å². The van der Waals surface area contributed by atoms with Crippen LogP contribution in [0.15, 0.2) is 0 Å². The van der Waals surface area contributed by atoms with E-state index in [0.29, 0.717) is 11.8 Å². The van der Waals surface area contributed by atoms with Crippen LogP contribution in [0.1, 0.15) is 58.8 Å². The third kappa shape index (κ3) is 5.22. The number of carbonyl (C=O) groups is 1. The molecule has 0 aromatic heterocycles. The van der Waals surface area contributed by atoms with E-state index in [9.17, 15) is 4.79 Å². The van der Waals surface area contributed by atoms with Crippen molar-refractivity contribution in [2.45, 2.75) is 58.8 Å². The van der Waals surface area contributed by atoms with Crippen molar-refractivity contribution in [1.29, 1.82) is 0 Å². The first-order valence-electron chi connectivity index (χ1n) is 11.1. The minimum Gasteiger partial charge on any atom is -0.385 e. The fourth-order valence-corrected chi connectivity index (χ4v) is 5.24. The van der Waals surface area contributed by atoms with E-state index in [-0.39, 0.29) is 0 Å². The summed E-state index contributed by atoms with van der Waals surface area (Å²) in [7, 11) is 1.78. The molecule has 2 heterocycles. The fourth-order valence-electron chi connectivity index (χ4n) is 5.24. The summed E-state index contributed by atoms with van der Waals surface area (Å²) >= 11 is 0. The van der Waals surface area contributed by atoms with Gasteiger partial charge in [0, 0.05) is 39.3 Å². The minimum absolute atomic E-state index is 0.323. The highest BCUT2D eigenvalue weighted by Crippen LogP contribution is 2.37. The lowest BCUT2D eigenvalue weighted by atomic mass is 9.73. The Balaban J connectivity index is 1.31. The van der Waals surface area contributed by atoms with Gasteiger partial charge in [-0.15, -0.1) is 0 Å². The predicted molar refractivity (Wildman–Crippen MR) is 106 cm³/mol. The Morgan fingerprint density at radius 2 is 1.65 bits per heavy atom. The van der Waals surface area contributed by atoms with Crippen LogP contribution in [0, 0.1) is 29.6 Å². The summed E-state index contributed by atoms with van der Waals surface area (Å²) in [6, 6.07) is 0. The molecule has 0 unspecified atom stereocenters. The number of piperidine rings is 2. The molecule has 0 radical (unpaired) electrons. The van der Waals surface area contributed by atoms with Gasteiger partial charge in [0.05, 0.1) is 0 Å². The number of ether oxygens (including phenoxy) is 1. The van der Waals surface area contributed by atoms with Crippen LogP contribution >= 0.6 is 0 Å². The van der Waals surface area contributed by atoms with Gasteiger partial charge in [-0.2, -0.15) is 0 Å². The van der Waals surface area contributed by atoms with Crippen LogP contribution in [0.2, 0.25) is 0 Å². The zero-order valence-corrected chi connectivity index (χ0v) is 17.3. The number of rotatable bonds is 7. The number of hydrogen-bond acceptors (Lipinski definition) is 3. The lowest BCUT2D eigenvalue weighted by Crippen LogP contribution is -2.48. The number of methoxy groups -OCH3 is 1. The molecular formula is C22H40N2O2. The number of likely N-dealkylation sites (tertiary alicyclic amines) is 2. The number of amides is 1. The van der Waals surface area contributed by atoms with Crippen LogP contribution in [0.4, 0.5) is 0 Å². The molecule has 4 heteroatoms. The van der Waals surface area contributed by atoms with Gasteiger partial charge in [0.2, 0.25) is 5.91 Å². The average Bonchev–Trinajstić information content (AvgIpc) is 2.63. The van der Waals surface area contributed by atoms with Gasteiger partial charge in [0.25, 0.3) is 0 Å². The number of nitrogens with zero attached hydrogens (tertiary/aromatic N) is 2. The molecule has 3 rings (SSSR count). The van der Waals surface area contributed by atoms with Crippen LogP contribution in [0.3, 0.4) is 0 Å². The largest absolute Gasteiger partial charge is 0.385 e. The Kier molecular flexibility index (Phi) is 7.39. The quantitative estimate of drug-likeness (QED) is 0.691. The molecule has 0 bridgehead atoms. The molecule has 2 saturated heterocycles. The highest BCUT2D eigenvalue weighted by atomic mass is 16.5. The lowest BCUT2D eigenvalue weighted by Gasteiger charge is -2.43. The molecule has 0 atom stereocenters. The molecule has 0 aromatic carbocycles. The van der Waals surface area contributed by atoms with Crippen molar-refractivity contribution in [2.75, 3.05) is 46.4 Å². The molecule has 1 aliphatic carbocycles. The summed E-state index contributed by atoms with van der Waals surface area (Å²) in [5.74, 6) is 4.05. The molecule has 4 nitrogen and oxygen atoms in total. The summed E-state index contributed by atoms with van der Waals surface area (Å²) in [6.07, 6.45) is 8.47. The standard InChI is InChI=1S/C22H40N2O2/c1-17(2)20-6-9-23(10-7-20)16-19-14-21(15-19)22(25)24-11-4-18(5-12-24)8-13-26-3/h17-21H,4-16H2,1-3H3. The Morgan fingerprint density at radius 1 is 1.00 bits per heavy atom. The first kappa shape index (κ1) is 20.1. The van der Waals surface area contributed by atoms with Crippen molar-refractivity contribution in [3.05, 3.63) is 0 Å². The van der Waals surface area contributed by atoms with Crippen molar-refractivity contribution in [2.24, 2.45) is 29.6 Å². The normalized spacial score (nSPS) is 29.2. The van der Waals surface area contributed by atoms with Crippen molar-refractivity contribution in [1.82, 2.24) is 9.80 Å². The van der Waals surface area contributed by atoms with E-state index in [0.717, 1.165) is 75.5 Å². The summed E-state index contributed by atoms with van der Waals surface area (Å²) < 4.78 is 5.19. The molecule has 26 heavy (non-hydrogen) atoms. The second-order valence-electron chi connectivity index (χ2n) is 9.47. The van der Waals surface area contributed by atoms with E-state index in [4.69, 9.17) is 4.74 Å². The van der Waals surface area contributed by atoms with Crippen LogP contribution in [0.5, 0.6) is 0 Å². The molecular weight excluding hydrogens is 324 g/mol. The van der Waals surface area contributed by atoms with Gasteiger partial charge in [0.1, 0.15) is 0 Å². The minimum atomic E-state index is 0.323. The molecule has 0 aromatic rings. The monoisotopic (exact) mass is 364 g/mol. The van der Waals surface area contributed by atoms with Crippen molar-refractivity contribution in [3.63, 3.8) is 0 Å². The van der Waals surface area contributed by atoms with Gasteiger partial charge < -0.3 is 14.5 Å². The first-order chi connectivity index (χ1) is 12.6. The number of hydrogen-bond donors (Lipinski definition) is 0. The van der Waals surface area contributed by atoms with Gasteiger partial charge in [0.15, 0.2) is 0 Å². The number of carbonyl (C=O) groups excluding carboxylic acids is 1. The molecule has 3 aliphatic rings. The Bertz CT molecular complexity index is 431. The zero-order chi connectivity index (χ0) is 18.5. The first-order valence-corrected chi connectivity index (χ1v) is 11.1. The van der Waals surface area contributed by atoms with Gasteiger partial charge >= 0.3 is 0 Å². The van der Waals surface area contributed by atoms with Crippen molar-refractivity contribution < 1.29 is 9.53 Å². The fraction of sp³-hybridized carbons (Fsp3) is 0.955. The SMILES string of the molecule is COCCC1CCN(C(=O)C2CC(CN3CCC(C(C)C)CC3)C2)CC1. The second kappa shape index (κ2) is 9.54. The zero-order valence-electron chi connectivity index (χ0n) is 17.3. The van der Waals surface area contributed by atoms with Gasteiger partial charge in [-0.05, 0) is 81.7 Å². The Morgan fingerprint density at radius 3 is 2.23 bits per heavy atom. The molecule has 1 saturated carbocycles. The summed E-state index contributed by atoms with van der Waals surface area (Å²) in [5, 5.41) is 0. The van der Waals surface area contributed by atoms with Crippen LogP contribution in [0.25, 0.3) is 0 Å². The van der Waals surface area contributed by atoms with Gasteiger partial charge in [-0.25, -0.2) is 0 Å². The third-order valence-corrected chi connectivity index (χ3v) is 7.33. The Labute approximate surface area is 160 Å². The molecule has 150 valence electrons. The van der Waals surface area contributed by atoms with Crippen molar-refractivity contribution in [3.8, 4) is 0 Å².